The summed E-state index contributed by atoms with van der Waals surface area (Å²) in [5.74, 6) is 3.21. The van der Waals surface area contributed by atoms with E-state index in [-0.39, 0.29) is 24.8 Å². The number of hydrogen-bond acceptors (Lipinski definition) is 2. The Morgan fingerprint density at radius 3 is 1.26 bits per heavy atom. The van der Waals surface area contributed by atoms with Crippen LogP contribution in [-0.2, 0) is 20.4 Å². The fourth-order valence-corrected chi connectivity index (χ4v) is 26.8. The second kappa shape index (κ2) is 12.2. The Labute approximate surface area is 253 Å². The van der Waals surface area contributed by atoms with Crippen molar-refractivity contribution in [3.8, 4) is 0 Å². The molecule has 2 unspecified atom stereocenters. The zero-order valence-electron chi connectivity index (χ0n) is 25.2. The van der Waals surface area contributed by atoms with Gasteiger partial charge in [-0.05, 0) is 0 Å². The van der Waals surface area contributed by atoms with E-state index >= 15 is 0 Å². The maximum absolute atomic E-state index is 6.61. The predicted molar refractivity (Wildman–Crippen MR) is 161 cm³/mol. The third-order valence-corrected chi connectivity index (χ3v) is 29.0. The van der Waals surface area contributed by atoms with Crippen LogP contribution in [0.3, 0.4) is 0 Å². The van der Waals surface area contributed by atoms with Gasteiger partial charge >= 0.3 is 230 Å². The quantitative estimate of drug-likeness (QED) is 0.437. The van der Waals surface area contributed by atoms with E-state index < -0.39 is 41.9 Å². The van der Waals surface area contributed by atoms with Crippen molar-refractivity contribution < 1.29 is 54.0 Å². The predicted octanol–water partition coefficient (Wildman–Crippen LogP) is 2.15. The molecule has 4 rings (SSSR count). The van der Waals surface area contributed by atoms with Crippen LogP contribution in [0, 0.1) is 11.8 Å². The van der Waals surface area contributed by atoms with Crippen molar-refractivity contribution in [2.45, 2.75) is 80.1 Å². The van der Waals surface area contributed by atoms with E-state index in [1.165, 1.54) is 33.1 Å². The number of halogens is 2. The van der Waals surface area contributed by atoms with Crippen LogP contribution in [-0.4, -0.2) is 21.6 Å². The van der Waals surface area contributed by atoms with Gasteiger partial charge in [0.2, 0.25) is 0 Å². The third kappa shape index (κ3) is 6.41. The Hall–Kier alpha value is -0.366. The standard InChI is InChI=1S/2C14H19OSi.C2H6Si.2ClH.Zr/c2*1-10-8-12(9-11(10)2)13-6-7-14(15-13)16(3,4)5;1-3-2;;;/h2*6-8,11H,1-5H3;1-2H3;2*1H;/q;;;;;+2/p-2. The van der Waals surface area contributed by atoms with Gasteiger partial charge in [0, 0.05) is 0 Å². The van der Waals surface area contributed by atoms with Crippen molar-refractivity contribution >= 4 is 43.5 Å². The van der Waals surface area contributed by atoms with Crippen LogP contribution in [0.5, 0.6) is 0 Å². The van der Waals surface area contributed by atoms with Crippen molar-refractivity contribution in [2.24, 2.45) is 11.8 Å². The first-order valence-electron chi connectivity index (χ1n) is 13.4. The molecule has 0 radical (unpaired) electrons. The van der Waals surface area contributed by atoms with Gasteiger partial charge in [-0.1, -0.05) is 0 Å². The summed E-state index contributed by atoms with van der Waals surface area (Å²) in [6, 6.07) is 9.01. The van der Waals surface area contributed by atoms with Crippen LogP contribution in [0.15, 0.2) is 63.0 Å². The summed E-state index contributed by atoms with van der Waals surface area (Å²) in [4.78, 5) is 0. The normalized spacial score (nSPS) is 19.6. The van der Waals surface area contributed by atoms with E-state index in [1.807, 2.05) is 0 Å². The van der Waals surface area contributed by atoms with Gasteiger partial charge < -0.3 is 24.8 Å². The van der Waals surface area contributed by atoms with E-state index in [4.69, 9.17) is 8.83 Å². The van der Waals surface area contributed by atoms with Crippen LogP contribution in [0.25, 0.3) is 11.1 Å². The first-order chi connectivity index (χ1) is 16.6. The van der Waals surface area contributed by atoms with Crippen LogP contribution in [0.1, 0.15) is 39.2 Å². The monoisotopic (exact) mass is 680 g/mol. The molecule has 2 aromatic rings. The van der Waals surface area contributed by atoms with Gasteiger partial charge in [-0.25, -0.2) is 0 Å². The van der Waals surface area contributed by atoms with Crippen LogP contribution >= 0.6 is 0 Å². The van der Waals surface area contributed by atoms with Gasteiger partial charge in [0.05, 0.1) is 0 Å². The Morgan fingerprint density at radius 2 is 1.00 bits per heavy atom. The average molecular weight is 683 g/mol. The van der Waals surface area contributed by atoms with Gasteiger partial charge in [-0.3, -0.25) is 0 Å². The molecule has 0 N–H and O–H groups in total. The second-order valence-corrected chi connectivity index (χ2v) is 39.9. The minimum atomic E-state index is -2.25. The van der Waals surface area contributed by atoms with Crippen LogP contribution < -0.4 is 35.6 Å². The molecule has 0 amide bonds. The largest absolute Gasteiger partial charge is 1.00 e. The summed E-state index contributed by atoms with van der Waals surface area (Å²) in [6.07, 6.45) is 4.91. The Kier molecular flexibility index (Phi) is 10.9. The van der Waals surface area contributed by atoms with Gasteiger partial charge in [0.15, 0.2) is 0 Å². The van der Waals surface area contributed by atoms with Gasteiger partial charge in [-0.15, -0.1) is 0 Å². The van der Waals surface area contributed by atoms with Gasteiger partial charge in [0.1, 0.15) is 0 Å². The summed E-state index contributed by atoms with van der Waals surface area (Å²) < 4.78 is 16.7. The minimum Gasteiger partial charge on any atom is -1.00 e. The molecule has 0 aromatic carbocycles. The number of rotatable bonds is 6. The van der Waals surface area contributed by atoms with E-state index in [0.29, 0.717) is 11.8 Å². The molecular weight excluding hydrogens is 639 g/mol. The van der Waals surface area contributed by atoms with Crippen molar-refractivity contribution in [3.63, 3.8) is 0 Å². The maximum Gasteiger partial charge on any atom is -1.00 e. The first kappa shape index (κ1) is 33.8. The molecule has 0 aliphatic heterocycles. The molecule has 38 heavy (non-hydrogen) atoms. The summed E-state index contributed by atoms with van der Waals surface area (Å²) in [6.45, 7) is 28.9. The maximum atomic E-state index is 6.61. The molecule has 0 spiro atoms. The molecule has 2 aromatic heterocycles. The fraction of sp³-hybridized carbons (Fsp3) is 0.467. The molecule has 2 aliphatic carbocycles. The molecule has 8 heteroatoms. The smallest absolute Gasteiger partial charge is 1.00 e. The summed E-state index contributed by atoms with van der Waals surface area (Å²) in [5, 5.41) is 2.42. The summed E-state index contributed by atoms with van der Waals surface area (Å²) in [7, 11) is -2.99. The fourth-order valence-electron chi connectivity index (χ4n) is 5.35. The number of allylic oxidation sites excluding steroid dienone is 8. The molecule has 0 saturated carbocycles. The topological polar surface area (TPSA) is 26.3 Å². The third-order valence-electron chi connectivity index (χ3n) is 7.82. The van der Waals surface area contributed by atoms with Crippen molar-refractivity contribution in [1.29, 1.82) is 0 Å². The molecule has 2 nitrogen and oxygen atoms in total. The molecule has 0 fully saturated rings. The van der Waals surface area contributed by atoms with Crippen LogP contribution in [0.4, 0.5) is 0 Å². The molecule has 2 heterocycles. The average Bonchev–Trinajstić information content (AvgIpc) is 3.52. The zero-order valence-corrected chi connectivity index (χ0v) is 32.2. The van der Waals surface area contributed by atoms with E-state index in [0.717, 1.165) is 11.5 Å². The minimum absolute atomic E-state index is 0. The summed E-state index contributed by atoms with van der Waals surface area (Å²) in [5.41, 5.74) is 5.28. The Morgan fingerprint density at radius 1 is 0.658 bits per heavy atom. The van der Waals surface area contributed by atoms with Crippen molar-refractivity contribution in [3.05, 3.63) is 65.6 Å². The number of hydrogen-bond donors (Lipinski definition) is 0. The van der Waals surface area contributed by atoms with Gasteiger partial charge in [0.25, 0.3) is 0 Å². The molecular formula is C30H44Cl2O2Si3Zr. The van der Waals surface area contributed by atoms with Crippen molar-refractivity contribution in [1.82, 2.24) is 0 Å². The van der Waals surface area contributed by atoms with Crippen molar-refractivity contribution in [2.75, 3.05) is 0 Å². The molecule has 206 valence electrons. The summed E-state index contributed by atoms with van der Waals surface area (Å²) >= 11 is -2.25. The Bertz CT molecular complexity index is 1270. The van der Waals surface area contributed by atoms with E-state index in [2.05, 4.69) is 116 Å². The second-order valence-electron chi connectivity index (χ2n) is 13.1. The molecule has 2 atom stereocenters. The Balaban J connectivity index is 0.00000253. The molecule has 0 bridgehead atoms. The van der Waals surface area contributed by atoms with Crippen LogP contribution in [0.2, 0.25) is 52.4 Å². The van der Waals surface area contributed by atoms with E-state index in [9.17, 15) is 0 Å². The van der Waals surface area contributed by atoms with E-state index in [1.54, 1.807) is 6.56 Å². The molecule has 0 saturated heterocycles. The first-order valence-corrected chi connectivity index (χ1v) is 29.0. The molecule has 2 aliphatic rings. The zero-order chi connectivity index (χ0) is 26.7. The SMILES string of the molecule is CC1=CC(c2ccc([Si](C)(C)C)o2)=[C]([Zr+2]([C]2=C(c3ccc([Si](C)(C)C)o3)C=C(C)C2C)=[Si](C)C)C1C.[Cl-].[Cl-]. The van der Waals surface area contributed by atoms with Gasteiger partial charge in [-0.2, -0.15) is 0 Å². The number of furan rings is 2.